The highest BCUT2D eigenvalue weighted by Gasteiger charge is 2.30. The number of nitrogens with two attached hydrogens (primary N) is 1. The Morgan fingerprint density at radius 3 is 2.18 bits per heavy atom. The SMILES string of the molecule is CCC(C)C(NC(=O)CNC(=O)C(N)CCC(=O)O)C(=O)NC(Cc1ccccc1)C(=O)O. The van der Waals surface area contributed by atoms with Crippen molar-refractivity contribution in [3.05, 3.63) is 35.9 Å². The van der Waals surface area contributed by atoms with Crippen molar-refractivity contribution in [3.63, 3.8) is 0 Å². The number of hydrogen-bond acceptors (Lipinski definition) is 6. The van der Waals surface area contributed by atoms with Gasteiger partial charge < -0.3 is 31.9 Å². The van der Waals surface area contributed by atoms with Crippen LogP contribution in [0.1, 0.15) is 38.7 Å². The molecule has 0 aliphatic carbocycles. The Hall–Kier alpha value is -3.47. The fourth-order valence-electron chi connectivity index (χ4n) is 2.95. The number of nitrogens with one attached hydrogen (secondary N) is 3. The van der Waals surface area contributed by atoms with Gasteiger partial charge in [0.25, 0.3) is 0 Å². The summed E-state index contributed by atoms with van der Waals surface area (Å²) in [6, 6.07) is 5.54. The monoisotopic (exact) mass is 464 g/mol. The molecule has 1 rings (SSSR count). The van der Waals surface area contributed by atoms with Crippen molar-refractivity contribution < 1.29 is 34.2 Å². The standard InChI is InChI=1S/C22H32N4O7/c1-3-13(2)19(26-17(27)12-24-20(30)15(23)9-10-18(28)29)21(31)25-16(22(32)33)11-14-7-5-4-6-8-14/h4-8,13,15-16,19H,3,9-12,23H2,1-2H3,(H,24,30)(H,25,31)(H,26,27)(H,28,29)(H,32,33). The number of amides is 3. The van der Waals surface area contributed by atoms with E-state index in [0.717, 1.165) is 5.56 Å². The third-order valence-corrected chi connectivity index (χ3v) is 5.14. The normalized spacial score (nSPS) is 14.3. The van der Waals surface area contributed by atoms with E-state index in [1.165, 1.54) is 0 Å². The number of carboxylic acid groups (broad SMARTS) is 2. The molecule has 0 aliphatic heterocycles. The van der Waals surface area contributed by atoms with Crippen LogP contribution in [0, 0.1) is 5.92 Å². The second-order valence-corrected chi connectivity index (χ2v) is 7.78. The zero-order chi connectivity index (χ0) is 25.0. The number of carboxylic acids is 2. The lowest BCUT2D eigenvalue weighted by Gasteiger charge is -2.25. The minimum Gasteiger partial charge on any atom is -0.481 e. The van der Waals surface area contributed by atoms with Crippen LogP contribution in [-0.2, 0) is 30.4 Å². The number of carbonyl (C=O) groups excluding carboxylic acids is 3. The molecule has 3 amide bonds. The van der Waals surface area contributed by atoms with Crippen molar-refractivity contribution >= 4 is 29.7 Å². The quantitative estimate of drug-likeness (QED) is 0.215. The number of benzene rings is 1. The highest BCUT2D eigenvalue weighted by Crippen LogP contribution is 2.10. The molecule has 0 aliphatic rings. The first-order chi connectivity index (χ1) is 15.5. The van der Waals surface area contributed by atoms with Gasteiger partial charge in [0, 0.05) is 12.8 Å². The first kappa shape index (κ1) is 27.6. The van der Waals surface area contributed by atoms with Gasteiger partial charge in [-0.2, -0.15) is 0 Å². The summed E-state index contributed by atoms with van der Waals surface area (Å²) in [6.45, 7) is 3.09. The molecule has 0 saturated carbocycles. The number of aliphatic carboxylic acids is 2. The summed E-state index contributed by atoms with van der Waals surface area (Å²) in [5.74, 6) is -4.61. The van der Waals surface area contributed by atoms with Gasteiger partial charge in [-0.1, -0.05) is 50.6 Å². The Balaban J connectivity index is 2.72. The molecule has 0 saturated heterocycles. The van der Waals surface area contributed by atoms with Gasteiger partial charge in [0.15, 0.2) is 0 Å². The number of carbonyl (C=O) groups is 5. The van der Waals surface area contributed by atoms with Crippen LogP contribution in [0.3, 0.4) is 0 Å². The summed E-state index contributed by atoms with van der Waals surface area (Å²) >= 11 is 0. The van der Waals surface area contributed by atoms with E-state index in [-0.39, 0.29) is 25.2 Å². The first-order valence-corrected chi connectivity index (χ1v) is 10.7. The van der Waals surface area contributed by atoms with Gasteiger partial charge in [-0.3, -0.25) is 19.2 Å². The van der Waals surface area contributed by atoms with Crippen molar-refractivity contribution in [1.29, 1.82) is 0 Å². The van der Waals surface area contributed by atoms with E-state index in [1.807, 2.05) is 6.92 Å². The molecule has 33 heavy (non-hydrogen) atoms. The molecule has 7 N–H and O–H groups in total. The second kappa shape index (κ2) is 13.8. The van der Waals surface area contributed by atoms with Crippen LogP contribution in [-0.4, -0.2) is 64.5 Å². The first-order valence-electron chi connectivity index (χ1n) is 10.7. The van der Waals surface area contributed by atoms with Crippen LogP contribution < -0.4 is 21.7 Å². The van der Waals surface area contributed by atoms with Crippen LogP contribution in [0.15, 0.2) is 30.3 Å². The molecular weight excluding hydrogens is 432 g/mol. The molecule has 0 spiro atoms. The van der Waals surface area contributed by atoms with Crippen molar-refractivity contribution in [2.45, 2.75) is 57.7 Å². The summed E-state index contributed by atoms with van der Waals surface area (Å²) < 4.78 is 0. The Morgan fingerprint density at radius 1 is 1.00 bits per heavy atom. The maximum absolute atomic E-state index is 12.8. The molecule has 0 bridgehead atoms. The number of rotatable bonds is 14. The topological polar surface area (TPSA) is 188 Å². The highest BCUT2D eigenvalue weighted by atomic mass is 16.4. The summed E-state index contributed by atoms with van der Waals surface area (Å²) in [4.78, 5) is 59.3. The molecule has 0 fully saturated rings. The highest BCUT2D eigenvalue weighted by molar-refractivity contribution is 5.92. The van der Waals surface area contributed by atoms with Gasteiger partial charge in [-0.25, -0.2) is 4.79 Å². The fraction of sp³-hybridized carbons (Fsp3) is 0.500. The average Bonchev–Trinajstić information content (AvgIpc) is 2.78. The van der Waals surface area contributed by atoms with Crippen LogP contribution >= 0.6 is 0 Å². The maximum atomic E-state index is 12.8. The fourth-order valence-corrected chi connectivity index (χ4v) is 2.95. The number of hydrogen-bond donors (Lipinski definition) is 6. The van der Waals surface area contributed by atoms with E-state index < -0.39 is 54.3 Å². The minimum atomic E-state index is -1.20. The van der Waals surface area contributed by atoms with Gasteiger partial charge in [0.05, 0.1) is 12.6 Å². The zero-order valence-electron chi connectivity index (χ0n) is 18.7. The van der Waals surface area contributed by atoms with E-state index in [2.05, 4.69) is 16.0 Å². The van der Waals surface area contributed by atoms with Crippen molar-refractivity contribution in [3.8, 4) is 0 Å². The lowest BCUT2D eigenvalue weighted by atomic mass is 9.97. The van der Waals surface area contributed by atoms with Gasteiger partial charge >= 0.3 is 11.9 Å². The third kappa shape index (κ3) is 10.1. The van der Waals surface area contributed by atoms with E-state index in [9.17, 15) is 29.1 Å². The Bertz CT molecular complexity index is 831. The summed E-state index contributed by atoms with van der Waals surface area (Å²) in [7, 11) is 0. The van der Waals surface area contributed by atoms with Crippen molar-refractivity contribution in [1.82, 2.24) is 16.0 Å². The molecule has 0 heterocycles. The molecule has 0 radical (unpaired) electrons. The molecule has 0 aromatic heterocycles. The molecule has 4 atom stereocenters. The van der Waals surface area contributed by atoms with Crippen molar-refractivity contribution in [2.24, 2.45) is 11.7 Å². The lowest BCUT2D eigenvalue weighted by Crippen LogP contribution is -2.56. The molecule has 11 nitrogen and oxygen atoms in total. The molecule has 4 unspecified atom stereocenters. The predicted octanol–water partition coefficient (Wildman–Crippen LogP) is -0.362. The Labute approximate surface area is 192 Å². The zero-order valence-corrected chi connectivity index (χ0v) is 18.7. The maximum Gasteiger partial charge on any atom is 0.326 e. The minimum absolute atomic E-state index is 0.0768. The van der Waals surface area contributed by atoms with Crippen LogP contribution in [0.4, 0.5) is 0 Å². The predicted molar refractivity (Wildman–Crippen MR) is 119 cm³/mol. The van der Waals surface area contributed by atoms with Gasteiger partial charge in [0.1, 0.15) is 12.1 Å². The summed E-state index contributed by atoms with van der Waals surface area (Å²) in [5.41, 5.74) is 6.32. The largest absolute Gasteiger partial charge is 0.481 e. The average molecular weight is 465 g/mol. The van der Waals surface area contributed by atoms with Crippen LogP contribution in [0.25, 0.3) is 0 Å². The molecule has 11 heteroatoms. The van der Waals surface area contributed by atoms with E-state index in [4.69, 9.17) is 10.8 Å². The lowest BCUT2D eigenvalue weighted by molar-refractivity contribution is -0.142. The Kier molecular flexibility index (Phi) is 11.6. The van der Waals surface area contributed by atoms with E-state index in [0.29, 0.717) is 6.42 Å². The smallest absolute Gasteiger partial charge is 0.326 e. The summed E-state index contributed by atoms with van der Waals surface area (Å²) in [6.07, 6.45) is 0.234. The van der Waals surface area contributed by atoms with E-state index in [1.54, 1.807) is 37.3 Å². The van der Waals surface area contributed by atoms with Crippen LogP contribution in [0.5, 0.6) is 0 Å². The van der Waals surface area contributed by atoms with Gasteiger partial charge in [-0.15, -0.1) is 0 Å². The second-order valence-electron chi connectivity index (χ2n) is 7.78. The molecule has 1 aromatic carbocycles. The van der Waals surface area contributed by atoms with Gasteiger partial charge in [-0.05, 0) is 17.9 Å². The van der Waals surface area contributed by atoms with Gasteiger partial charge in [0.2, 0.25) is 17.7 Å². The molecular formula is C22H32N4O7. The van der Waals surface area contributed by atoms with E-state index >= 15 is 0 Å². The Morgan fingerprint density at radius 2 is 1.64 bits per heavy atom. The summed E-state index contributed by atoms with van der Waals surface area (Å²) in [5, 5.41) is 25.5. The van der Waals surface area contributed by atoms with Crippen LogP contribution in [0.2, 0.25) is 0 Å². The molecule has 182 valence electrons. The van der Waals surface area contributed by atoms with Crippen molar-refractivity contribution in [2.75, 3.05) is 6.54 Å². The molecule has 1 aromatic rings. The third-order valence-electron chi connectivity index (χ3n) is 5.14.